The quantitative estimate of drug-likeness (QED) is 0.505. The van der Waals surface area contributed by atoms with E-state index in [0.29, 0.717) is 52.9 Å². The van der Waals surface area contributed by atoms with E-state index in [1.54, 1.807) is 31.4 Å². The van der Waals surface area contributed by atoms with Crippen LogP contribution in [0.3, 0.4) is 0 Å². The first-order valence-corrected chi connectivity index (χ1v) is 8.95. The van der Waals surface area contributed by atoms with Crippen molar-refractivity contribution in [2.75, 3.05) is 65.3 Å². The second-order valence-electron chi connectivity index (χ2n) is 4.88. The molecule has 0 aliphatic carbocycles. The topological polar surface area (TPSA) is 75.2 Å². The molecule has 1 N–H and O–H groups in total. The normalized spacial score (nSPS) is 10.0. The average molecular weight is 373 g/mol. The molecule has 0 aromatic heterocycles. The molecular formula is C19H35NO6. The maximum Gasteiger partial charge on any atom is 0.221 e. The number of amides is 1. The van der Waals surface area contributed by atoms with Crippen LogP contribution in [0.5, 0.6) is 5.75 Å². The highest BCUT2D eigenvalue weighted by molar-refractivity contribution is 5.88. The van der Waals surface area contributed by atoms with Crippen molar-refractivity contribution in [3.05, 3.63) is 24.3 Å². The number of hydrogen-bond donors (Lipinski definition) is 1. The molecule has 1 rings (SSSR count). The maximum absolute atomic E-state index is 10.9. The average Bonchev–Trinajstić information content (AvgIpc) is 2.65. The lowest BCUT2D eigenvalue weighted by atomic mass is 10.3. The van der Waals surface area contributed by atoms with E-state index in [9.17, 15) is 4.79 Å². The third-order valence-corrected chi connectivity index (χ3v) is 2.85. The third-order valence-electron chi connectivity index (χ3n) is 2.85. The van der Waals surface area contributed by atoms with Crippen LogP contribution in [0.4, 0.5) is 5.69 Å². The van der Waals surface area contributed by atoms with Crippen LogP contribution in [0.1, 0.15) is 22.2 Å². The van der Waals surface area contributed by atoms with Gasteiger partial charge in [0, 0.05) is 21.1 Å². The molecular weight excluding hydrogens is 338 g/mol. The lowest BCUT2D eigenvalue weighted by molar-refractivity contribution is -0.114. The van der Waals surface area contributed by atoms with Crippen LogP contribution in [-0.4, -0.2) is 65.9 Å². The summed E-state index contributed by atoms with van der Waals surface area (Å²) in [5, 5.41) is 2.70. The molecule has 1 amide bonds. The van der Waals surface area contributed by atoms with Gasteiger partial charge in [0.15, 0.2) is 0 Å². The Bertz CT molecular complexity index is 444. The Morgan fingerprint density at radius 3 is 1.77 bits per heavy atom. The van der Waals surface area contributed by atoms with Crippen molar-refractivity contribution < 1.29 is 29.9 Å². The van der Waals surface area contributed by atoms with Crippen molar-refractivity contribution in [2.45, 2.75) is 20.8 Å². The molecule has 0 aliphatic rings. The van der Waals surface area contributed by atoms with E-state index in [2.05, 4.69) is 5.32 Å². The molecule has 0 aliphatic heterocycles. The predicted octanol–water partition coefficient (Wildman–Crippen LogP) is 2.99. The van der Waals surface area contributed by atoms with E-state index in [4.69, 9.17) is 23.7 Å². The van der Waals surface area contributed by atoms with Gasteiger partial charge >= 0.3 is 0 Å². The Morgan fingerprint density at radius 1 is 0.846 bits per heavy atom. The van der Waals surface area contributed by atoms with Crippen molar-refractivity contribution in [1.82, 2.24) is 0 Å². The Kier molecular flexibility index (Phi) is 17.0. The molecule has 7 heteroatoms. The van der Waals surface area contributed by atoms with E-state index >= 15 is 0 Å². The summed E-state index contributed by atoms with van der Waals surface area (Å²) in [5.74, 6) is 0.637. The second kappa shape index (κ2) is 18.1. The molecule has 0 heterocycles. The van der Waals surface area contributed by atoms with Crippen LogP contribution in [0.2, 0.25) is 0 Å². The minimum absolute atomic E-state index is 0. The fourth-order valence-electron chi connectivity index (χ4n) is 1.74. The van der Waals surface area contributed by atoms with Gasteiger partial charge in [-0.05, 0) is 24.3 Å². The van der Waals surface area contributed by atoms with Crippen molar-refractivity contribution in [3.63, 3.8) is 0 Å². The van der Waals surface area contributed by atoms with Gasteiger partial charge in [-0.1, -0.05) is 13.8 Å². The monoisotopic (exact) mass is 373 g/mol. The largest absolute Gasteiger partial charge is 0.491 e. The zero-order chi connectivity index (χ0) is 19.5. The number of carbonyl (C=O) groups excluding carboxylic acids is 1. The van der Waals surface area contributed by atoms with Gasteiger partial charge in [0.1, 0.15) is 12.4 Å². The number of rotatable bonds is 14. The Balaban J connectivity index is 0. The van der Waals surface area contributed by atoms with Gasteiger partial charge in [0.05, 0.1) is 46.2 Å². The first-order valence-electron chi connectivity index (χ1n) is 8.95. The van der Waals surface area contributed by atoms with Gasteiger partial charge in [-0.15, -0.1) is 0 Å². The molecule has 0 fully saturated rings. The first kappa shape index (κ1) is 24.3. The summed E-state index contributed by atoms with van der Waals surface area (Å²) in [7, 11) is 1.64. The lowest BCUT2D eigenvalue weighted by Gasteiger charge is -2.09. The number of anilines is 1. The van der Waals surface area contributed by atoms with E-state index in [0.717, 1.165) is 11.4 Å². The van der Waals surface area contributed by atoms with Crippen molar-refractivity contribution >= 4 is 11.6 Å². The van der Waals surface area contributed by atoms with Crippen LogP contribution < -0.4 is 10.1 Å². The summed E-state index contributed by atoms with van der Waals surface area (Å²) in [6.07, 6.45) is 0. The number of ether oxygens (including phenoxy) is 5. The van der Waals surface area contributed by atoms with Gasteiger partial charge < -0.3 is 29.0 Å². The molecule has 1 aromatic rings. The van der Waals surface area contributed by atoms with Gasteiger partial charge in [0.25, 0.3) is 0 Å². The summed E-state index contributed by atoms with van der Waals surface area (Å²) in [6.45, 7) is 9.74. The fourth-order valence-corrected chi connectivity index (χ4v) is 1.74. The lowest BCUT2D eigenvalue weighted by Crippen LogP contribution is -2.13. The molecule has 1 aromatic carbocycles. The SMILES string of the molecule is CC.COCCOCCOCCOCCOc1ccc(NC(C)=O)cc1.[HH]. The van der Waals surface area contributed by atoms with Gasteiger partial charge in [-0.2, -0.15) is 0 Å². The summed E-state index contributed by atoms with van der Waals surface area (Å²) in [6, 6.07) is 7.19. The highest BCUT2D eigenvalue weighted by Gasteiger charge is 1.97. The molecule has 0 radical (unpaired) electrons. The Morgan fingerprint density at radius 2 is 1.31 bits per heavy atom. The van der Waals surface area contributed by atoms with Gasteiger partial charge in [0.2, 0.25) is 5.91 Å². The maximum atomic E-state index is 10.9. The second-order valence-corrected chi connectivity index (χ2v) is 4.88. The molecule has 0 spiro atoms. The zero-order valence-corrected chi connectivity index (χ0v) is 16.4. The zero-order valence-electron chi connectivity index (χ0n) is 16.4. The molecule has 152 valence electrons. The van der Waals surface area contributed by atoms with E-state index < -0.39 is 0 Å². The van der Waals surface area contributed by atoms with Gasteiger partial charge in [-0.25, -0.2) is 0 Å². The van der Waals surface area contributed by atoms with Crippen molar-refractivity contribution in [2.24, 2.45) is 0 Å². The number of carbonyl (C=O) groups is 1. The highest BCUT2D eigenvalue weighted by Crippen LogP contribution is 2.15. The van der Waals surface area contributed by atoms with E-state index in [1.807, 2.05) is 13.8 Å². The number of methoxy groups -OCH3 is 1. The summed E-state index contributed by atoms with van der Waals surface area (Å²) in [4.78, 5) is 10.9. The summed E-state index contributed by atoms with van der Waals surface area (Å²) >= 11 is 0. The molecule has 0 saturated carbocycles. The van der Waals surface area contributed by atoms with E-state index in [1.165, 1.54) is 6.92 Å². The standard InChI is InChI=1S/C17H27NO6.C2H6.H2/c1-15(19)18-16-3-5-17(6-4-16)24-14-13-23-12-11-22-10-9-21-8-7-20-2;1-2;/h3-6H,7-14H2,1-2H3,(H,18,19);1-2H3;1H. The Labute approximate surface area is 158 Å². The first-order chi connectivity index (χ1) is 12.7. The Hall–Kier alpha value is -1.67. The molecule has 0 unspecified atom stereocenters. The van der Waals surface area contributed by atoms with Crippen LogP contribution in [0.25, 0.3) is 0 Å². The van der Waals surface area contributed by atoms with Crippen LogP contribution >= 0.6 is 0 Å². The highest BCUT2D eigenvalue weighted by atomic mass is 16.6. The smallest absolute Gasteiger partial charge is 0.221 e. The van der Waals surface area contributed by atoms with Gasteiger partial charge in [-0.3, -0.25) is 4.79 Å². The molecule has 0 saturated heterocycles. The predicted molar refractivity (Wildman–Crippen MR) is 104 cm³/mol. The molecule has 0 bridgehead atoms. The number of benzene rings is 1. The van der Waals surface area contributed by atoms with Crippen molar-refractivity contribution in [3.8, 4) is 5.75 Å². The van der Waals surface area contributed by atoms with Crippen LogP contribution in [-0.2, 0) is 23.7 Å². The summed E-state index contributed by atoms with van der Waals surface area (Å²) < 4.78 is 26.4. The minimum atomic E-state index is -0.0965. The minimum Gasteiger partial charge on any atom is -0.491 e. The number of nitrogens with one attached hydrogen (secondary N) is 1. The fraction of sp³-hybridized carbons (Fsp3) is 0.632. The molecule has 7 nitrogen and oxygen atoms in total. The van der Waals surface area contributed by atoms with Crippen molar-refractivity contribution in [1.29, 1.82) is 0 Å². The van der Waals surface area contributed by atoms with Crippen LogP contribution in [0, 0.1) is 0 Å². The van der Waals surface area contributed by atoms with E-state index in [-0.39, 0.29) is 7.33 Å². The third kappa shape index (κ3) is 14.7. The van der Waals surface area contributed by atoms with Crippen LogP contribution in [0.15, 0.2) is 24.3 Å². The molecule has 0 atom stereocenters. The molecule has 26 heavy (non-hydrogen) atoms. The summed E-state index contributed by atoms with van der Waals surface area (Å²) in [5.41, 5.74) is 0.745. The number of hydrogen-bond acceptors (Lipinski definition) is 6.